The summed E-state index contributed by atoms with van der Waals surface area (Å²) < 4.78 is 7.77. The quantitative estimate of drug-likeness (QED) is 0.156. The van der Waals surface area contributed by atoms with Crippen molar-refractivity contribution in [3.63, 3.8) is 0 Å². The van der Waals surface area contributed by atoms with Crippen LogP contribution in [0.15, 0.2) is 69.6 Å². The Morgan fingerprint density at radius 3 is 1.82 bits per heavy atom. The Balaban J connectivity index is 2.20. The van der Waals surface area contributed by atoms with Gasteiger partial charge in [0.25, 0.3) is 0 Å². The first kappa shape index (κ1) is 29.4. The van der Waals surface area contributed by atoms with Crippen molar-refractivity contribution >= 4 is 55.2 Å². The minimum Gasteiger partial charge on any atom is -0.496 e. The molecule has 0 heterocycles. The number of halogens is 2. The number of unbranched alkanes of at least 4 members (excludes halogenated alkanes) is 1. The normalized spacial score (nSPS) is 12.5. The molecule has 1 atom stereocenters. The maximum atomic E-state index is 10.2. The Hall–Kier alpha value is -3.12. The highest BCUT2D eigenvalue weighted by molar-refractivity contribution is 9.10. The predicted molar refractivity (Wildman–Crippen MR) is 165 cm³/mol. The third-order valence-corrected chi connectivity index (χ3v) is 7.72. The van der Waals surface area contributed by atoms with Crippen molar-refractivity contribution in [2.24, 2.45) is 5.92 Å². The monoisotopic (exact) mass is 630 g/mol. The standard InChI is InChI=1S/C33H32Br2N2O/c1-4-6-7-23(5-2)16-26-19-32(28(22-37)18-25-10-14-30(35)15-11-25)33(38-3)20-31(26)27(21-36)17-24-8-12-29(34)13-9-24/h8-15,17-20,23H,4-7,16H2,1-3H3/b27-17+,28-18+. The predicted octanol–water partition coefficient (Wildman–Crippen LogP) is 10.1. The van der Waals surface area contributed by atoms with E-state index in [1.165, 1.54) is 6.42 Å². The fraction of sp³-hybridized carbons (Fsp3) is 0.273. The van der Waals surface area contributed by atoms with Crippen molar-refractivity contribution in [1.29, 1.82) is 10.5 Å². The molecule has 0 amide bonds. The van der Waals surface area contributed by atoms with Gasteiger partial charge in [0.1, 0.15) is 5.75 Å². The van der Waals surface area contributed by atoms with E-state index in [1.807, 2.05) is 66.7 Å². The van der Waals surface area contributed by atoms with E-state index < -0.39 is 0 Å². The van der Waals surface area contributed by atoms with Gasteiger partial charge in [0, 0.05) is 14.5 Å². The summed E-state index contributed by atoms with van der Waals surface area (Å²) in [5.74, 6) is 1.07. The van der Waals surface area contributed by atoms with Crippen molar-refractivity contribution in [1.82, 2.24) is 0 Å². The summed E-state index contributed by atoms with van der Waals surface area (Å²) in [6.07, 6.45) is 9.14. The van der Waals surface area contributed by atoms with E-state index in [-0.39, 0.29) is 0 Å². The summed E-state index contributed by atoms with van der Waals surface area (Å²) in [7, 11) is 1.61. The molecule has 0 saturated carbocycles. The highest BCUT2D eigenvalue weighted by Crippen LogP contribution is 2.36. The van der Waals surface area contributed by atoms with E-state index in [9.17, 15) is 10.5 Å². The maximum absolute atomic E-state index is 10.2. The molecule has 1 unspecified atom stereocenters. The van der Waals surface area contributed by atoms with Crippen LogP contribution in [-0.2, 0) is 6.42 Å². The fourth-order valence-corrected chi connectivity index (χ4v) is 5.00. The van der Waals surface area contributed by atoms with Crippen LogP contribution in [0.5, 0.6) is 5.75 Å². The minimum absolute atomic E-state index is 0.489. The van der Waals surface area contributed by atoms with Crippen LogP contribution in [0.25, 0.3) is 23.3 Å². The number of ether oxygens (including phenoxy) is 1. The molecule has 0 N–H and O–H groups in total. The van der Waals surface area contributed by atoms with Gasteiger partial charge in [-0.25, -0.2) is 0 Å². The Kier molecular flexibility index (Phi) is 11.4. The van der Waals surface area contributed by atoms with E-state index in [0.29, 0.717) is 22.8 Å². The van der Waals surface area contributed by atoms with Crippen LogP contribution < -0.4 is 4.74 Å². The SMILES string of the molecule is CCCCC(CC)Cc1cc(/C(C#N)=C/c2ccc(Br)cc2)c(OC)cc1/C(C#N)=C/c1ccc(Br)cc1. The van der Waals surface area contributed by atoms with E-state index in [0.717, 1.165) is 62.4 Å². The van der Waals surface area contributed by atoms with Gasteiger partial charge < -0.3 is 4.74 Å². The topological polar surface area (TPSA) is 56.8 Å². The van der Waals surface area contributed by atoms with Crippen LogP contribution in [0.2, 0.25) is 0 Å². The molecular weight excluding hydrogens is 600 g/mol. The lowest BCUT2D eigenvalue weighted by Crippen LogP contribution is -2.07. The van der Waals surface area contributed by atoms with Gasteiger partial charge in [0.15, 0.2) is 0 Å². The first-order valence-corrected chi connectivity index (χ1v) is 14.5. The molecule has 3 aromatic carbocycles. The lowest BCUT2D eigenvalue weighted by Gasteiger charge is -2.20. The molecule has 38 heavy (non-hydrogen) atoms. The van der Waals surface area contributed by atoms with Gasteiger partial charge in [0.2, 0.25) is 0 Å². The molecule has 0 spiro atoms. The van der Waals surface area contributed by atoms with Crippen molar-refractivity contribution in [2.75, 3.05) is 7.11 Å². The number of allylic oxidation sites excluding steroid dienone is 2. The van der Waals surface area contributed by atoms with Crippen molar-refractivity contribution in [2.45, 2.75) is 46.0 Å². The summed E-state index contributed by atoms with van der Waals surface area (Å²) >= 11 is 6.95. The number of hydrogen-bond acceptors (Lipinski definition) is 3. The molecule has 0 aliphatic carbocycles. The molecule has 0 aliphatic rings. The Morgan fingerprint density at radius 1 is 0.842 bits per heavy atom. The second-order valence-electron chi connectivity index (χ2n) is 9.27. The molecule has 0 bridgehead atoms. The molecule has 0 fully saturated rings. The third-order valence-electron chi connectivity index (χ3n) is 6.66. The van der Waals surface area contributed by atoms with Crippen molar-refractivity contribution in [3.8, 4) is 17.9 Å². The largest absolute Gasteiger partial charge is 0.496 e. The first-order chi connectivity index (χ1) is 18.4. The van der Waals surface area contributed by atoms with Crippen LogP contribution in [0.1, 0.15) is 67.3 Å². The summed E-state index contributed by atoms with van der Waals surface area (Å²) in [6, 6.07) is 24.5. The molecule has 0 radical (unpaired) electrons. The summed E-state index contributed by atoms with van der Waals surface area (Å²) in [5, 5.41) is 20.4. The Labute approximate surface area is 243 Å². The second-order valence-corrected chi connectivity index (χ2v) is 11.1. The molecule has 5 heteroatoms. The molecule has 194 valence electrons. The number of nitriles is 2. The highest BCUT2D eigenvalue weighted by atomic mass is 79.9. The smallest absolute Gasteiger partial charge is 0.128 e. The lowest BCUT2D eigenvalue weighted by atomic mass is 9.85. The summed E-state index contributed by atoms with van der Waals surface area (Å²) in [6.45, 7) is 4.44. The van der Waals surface area contributed by atoms with Gasteiger partial charge in [-0.3, -0.25) is 0 Å². The molecule has 3 rings (SSSR count). The van der Waals surface area contributed by atoms with Crippen LogP contribution in [0.4, 0.5) is 0 Å². The fourth-order valence-electron chi connectivity index (χ4n) is 4.47. The number of methoxy groups -OCH3 is 1. The third kappa shape index (κ3) is 7.94. The van der Waals surface area contributed by atoms with E-state index in [2.05, 4.69) is 63.9 Å². The average molecular weight is 632 g/mol. The van der Waals surface area contributed by atoms with Gasteiger partial charge in [-0.15, -0.1) is 0 Å². The summed E-state index contributed by atoms with van der Waals surface area (Å²) in [4.78, 5) is 0. The van der Waals surface area contributed by atoms with E-state index >= 15 is 0 Å². The van der Waals surface area contributed by atoms with Crippen LogP contribution >= 0.6 is 31.9 Å². The van der Waals surface area contributed by atoms with E-state index in [4.69, 9.17) is 4.74 Å². The van der Waals surface area contributed by atoms with E-state index in [1.54, 1.807) is 7.11 Å². The minimum atomic E-state index is 0.489. The Bertz CT molecular complexity index is 1370. The number of rotatable bonds is 11. The van der Waals surface area contributed by atoms with Crippen LogP contribution in [0.3, 0.4) is 0 Å². The van der Waals surface area contributed by atoms with Gasteiger partial charge in [0.05, 0.1) is 30.4 Å². The van der Waals surface area contributed by atoms with Gasteiger partial charge in [-0.2, -0.15) is 10.5 Å². The van der Waals surface area contributed by atoms with Gasteiger partial charge >= 0.3 is 0 Å². The zero-order valence-corrected chi connectivity index (χ0v) is 25.3. The molecule has 3 aromatic rings. The summed E-state index contributed by atoms with van der Waals surface area (Å²) in [5.41, 5.74) is 5.63. The van der Waals surface area contributed by atoms with Crippen molar-refractivity contribution in [3.05, 3.63) is 97.4 Å². The zero-order valence-electron chi connectivity index (χ0n) is 22.1. The Morgan fingerprint density at radius 2 is 1.37 bits per heavy atom. The molecule has 0 aliphatic heterocycles. The lowest BCUT2D eigenvalue weighted by molar-refractivity contribution is 0.412. The number of nitrogens with zero attached hydrogens (tertiary/aromatic N) is 2. The zero-order chi connectivity index (χ0) is 27.5. The maximum Gasteiger partial charge on any atom is 0.128 e. The van der Waals surface area contributed by atoms with Crippen LogP contribution in [0, 0.1) is 28.6 Å². The van der Waals surface area contributed by atoms with Crippen LogP contribution in [-0.4, -0.2) is 7.11 Å². The number of benzene rings is 3. The second kappa shape index (κ2) is 14.7. The highest BCUT2D eigenvalue weighted by Gasteiger charge is 2.19. The molecule has 0 aromatic heterocycles. The average Bonchev–Trinajstić information content (AvgIpc) is 2.94. The molecular formula is C33H32Br2N2O. The number of hydrogen-bond donors (Lipinski definition) is 0. The van der Waals surface area contributed by atoms with Gasteiger partial charge in [-0.1, -0.05) is 95.7 Å². The molecule has 3 nitrogen and oxygen atoms in total. The first-order valence-electron chi connectivity index (χ1n) is 12.9. The van der Waals surface area contributed by atoms with Crippen molar-refractivity contribution < 1.29 is 4.74 Å². The van der Waals surface area contributed by atoms with Gasteiger partial charge in [-0.05, 0) is 83.1 Å². The molecule has 0 saturated heterocycles.